The van der Waals surface area contributed by atoms with Crippen molar-refractivity contribution in [1.29, 1.82) is 0 Å². The molecule has 0 bridgehead atoms. The van der Waals surface area contributed by atoms with E-state index in [1.807, 2.05) is 6.92 Å². The summed E-state index contributed by atoms with van der Waals surface area (Å²) in [5, 5.41) is 10.4. The number of carbonyl (C=O) groups is 1. The van der Waals surface area contributed by atoms with Crippen LogP contribution in [0.2, 0.25) is 0 Å². The molecule has 1 unspecified atom stereocenters. The Kier molecular flexibility index (Phi) is 3.34. The molecule has 0 spiro atoms. The molecule has 7 heteroatoms. The summed E-state index contributed by atoms with van der Waals surface area (Å²) >= 11 is 0. The first-order chi connectivity index (χ1) is 10.4. The highest BCUT2D eigenvalue weighted by molar-refractivity contribution is 7.14. The number of anilines is 1. The SMILES string of the molecule is Cc1cnc2c(c1)c(C(=O)c1c(O)ccc(N)c1F)cn2P. The number of hydrogen-bond donors (Lipinski definition) is 2. The monoisotopic (exact) mass is 317 g/mol. The van der Waals surface area contributed by atoms with Crippen LogP contribution in [0.3, 0.4) is 0 Å². The van der Waals surface area contributed by atoms with Crippen LogP contribution in [-0.4, -0.2) is 20.2 Å². The minimum absolute atomic E-state index is 0.190. The number of nitrogen functional groups attached to an aromatic ring is 1. The van der Waals surface area contributed by atoms with Gasteiger partial charge in [0.25, 0.3) is 0 Å². The molecule has 0 fully saturated rings. The molecule has 2 aromatic heterocycles. The van der Waals surface area contributed by atoms with E-state index in [1.54, 1.807) is 16.6 Å². The highest BCUT2D eigenvalue weighted by Crippen LogP contribution is 2.31. The van der Waals surface area contributed by atoms with Gasteiger partial charge in [0.15, 0.2) is 5.82 Å². The van der Waals surface area contributed by atoms with Gasteiger partial charge >= 0.3 is 0 Å². The Morgan fingerprint density at radius 1 is 1.45 bits per heavy atom. The highest BCUT2D eigenvalue weighted by Gasteiger charge is 2.24. The fourth-order valence-electron chi connectivity index (χ4n) is 2.35. The van der Waals surface area contributed by atoms with Gasteiger partial charge in [-0.1, -0.05) is 0 Å². The maximum atomic E-state index is 14.2. The summed E-state index contributed by atoms with van der Waals surface area (Å²) in [5.41, 5.74) is 6.56. The van der Waals surface area contributed by atoms with Crippen LogP contribution in [0.15, 0.2) is 30.6 Å². The summed E-state index contributed by atoms with van der Waals surface area (Å²) in [5.74, 6) is -2.00. The number of aryl methyl sites for hydroxylation is 1. The number of nitrogens with two attached hydrogens (primary N) is 1. The number of aromatic hydroxyl groups is 1. The molecule has 3 aromatic rings. The van der Waals surface area contributed by atoms with E-state index in [0.717, 1.165) is 5.56 Å². The van der Waals surface area contributed by atoms with Gasteiger partial charge < -0.3 is 15.2 Å². The lowest BCUT2D eigenvalue weighted by molar-refractivity contribution is 0.103. The molecule has 3 N–H and O–H groups in total. The minimum Gasteiger partial charge on any atom is -0.507 e. The van der Waals surface area contributed by atoms with Crippen LogP contribution in [0.1, 0.15) is 21.5 Å². The molecule has 1 atom stereocenters. The van der Waals surface area contributed by atoms with Crippen molar-refractivity contribution in [3.8, 4) is 5.75 Å². The number of phenols is 1. The van der Waals surface area contributed by atoms with Crippen LogP contribution in [0.5, 0.6) is 5.75 Å². The first kappa shape index (κ1) is 14.5. The molecule has 5 nitrogen and oxygen atoms in total. The Morgan fingerprint density at radius 2 is 2.18 bits per heavy atom. The number of rotatable bonds is 2. The smallest absolute Gasteiger partial charge is 0.202 e. The van der Waals surface area contributed by atoms with Crippen molar-refractivity contribution >= 4 is 31.9 Å². The Balaban J connectivity index is 2.27. The van der Waals surface area contributed by atoms with Crippen LogP contribution in [0, 0.1) is 12.7 Å². The van der Waals surface area contributed by atoms with Gasteiger partial charge in [-0.05, 0) is 40.1 Å². The quantitative estimate of drug-likeness (QED) is 0.329. The molecule has 0 radical (unpaired) electrons. The van der Waals surface area contributed by atoms with Crippen molar-refractivity contribution in [3.05, 3.63) is 53.1 Å². The van der Waals surface area contributed by atoms with E-state index >= 15 is 0 Å². The minimum atomic E-state index is -0.921. The molecule has 0 saturated heterocycles. The van der Waals surface area contributed by atoms with E-state index in [9.17, 15) is 14.3 Å². The molecular formula is C15H13FN3O2P. The number of fused-ring (bicyclic) bond motifs is 1. The first-order valence-corrected chi connectivity index (χ1v) is 6.96. The van der Waals surface area contributed by atoms with Gasteiger partial charge in [-0.25, -0.2) is 9.37 Å². The number of aromatic nitrogens is 2. The number of halogens is 1. The lowest BCUT2D eigenvalue weighted by atomic mass is 10.0. The predicted octanol–water partition coefficient (Wildman–Crippen LogP) is 2.64. The molecule has 22 heavy (non-hydrogen) atoms. The van der Waals surface area contributed by atoms with Gasteiger partial charge in [-0.2, -0.15) is 0 Å². The molecule has 2 heterocycles. The maximum Gasteiger partial charge on any atom is 0.202 e. The second kappa shape index (κ2) is 5.07. The third-order valence-corrected chi connectivity index (χ3v) is 3.82. The van der Waals surface area contributed by atoms with Crippen LogP contribution in [0.25, 0.3) is 11.0 Å². The zero-order valence-corrected chi connectivity index (χ0v) is 12.8. The largest absolute Gasteiger partial charge is 0.507 e. The van der Waals surface area contributed by atoms with Gasteiger partial charge in [0, 0.05) is 17.8 Å². The molecule has 112 valence electrons. The second-order valence-corrected chi connectivity index (χ2v) is 5.58. The average Bonchev–Trinajstić information content (AvgIpc) is 2.80. The summed E-state index contributed by atoms with van der Waals surface area (Å²) in [6.07, 6.45) is 3.21. The molecule has 0 saturated carbocycles. The molecule has 1 aromatic carbocycles. The standard InChI is InChI=1S/C15H13FN3O2P/c1-7-4-8-9(6-19(22)15(8)18-5-7)14(21)12-11(20)3-2-10(17)13(12)16/h2-6,20H,17,22H2,1H3. The van der Waals surface area contributed by atoms with Crippen molar-refractivity contribution in [2.75, 3.05) is 5.73 Å². The van der Waals surface area contributed by atoms with E-state index in [1.165, 1.54) is 18.3 Å². The molecule has 0 amide bonds. The lowest BCUT2D eigenvalue weighted by Gasteiger charge is -2.06. The van der Waals surface area contributed by atoms with Gasteiger partial charge in [0.05, 0.1) is 11.3 Å². The summed E-state index contributed by atoms with van der Waals surface area (Å²) in [6, 6.07) is 4.21. The summed E-state index contributed by atoms with van der Waals surface area (Å²) in [4.78, 5) is 16.9. The normalized spacial score (nSPS) is 11.0. The zero-order chi connectivity index (χ0) is 16.0. The predicted molar refractivity (Wildman–Crippen MR) is 85.5 cm³/mol. The highest BCUT2D eigenvalue weighted by atomic mass is 31.0. The lowest BCUT2D eigenvalue weighted by Crippen LogP contribution is -2.06. The molecule has 3 rings (SSSR count). The fourth-order valence-corrected chi connectivity index (χ4v) is 2.70. The number of carbonyl (C=O) groups excluding carboxylic acids is 1. The van der Waals surface area contributed by atoms with Gasteiger partial charge in [-0.3, -0.25) is 4.79 Å². The summed E-state index contributed by atoms with van der Waals surface area (Å²) in [7, 11) is 2.42. The van der Waals surface area contributed by atoms with Crippen molar-refractivity contribution in [2.24, 2.45) is 0 Å². The van der Waals surface area contributed by atoms with E-state index in [-0.39, 0.29) is 11.3 Å². The van der Waals surface area contributed by atoms with E-state index in [4.69, 9.17) is 5.73 Å². The Hall–Kier alpha value is -2.46. The number of pyridine rings is 1. The van der Waals surface area contributed by atoms with E-state index in [2.05, 4.69) is 14.4 Å². The van der Waals surface area contributed by atoms with Crippen molar-refractivity contribution in [2.45, 2.75) is 6.92 Å². The number of benzene rings is 1. The number of hydrogen-bond acceptors (Lipinski definition) is 4. The first-order valence-electron chi connectivity index (χ1n) is 6.44. The molecular weight excluding hydrogens is 304 g/mol. The Bertz CT molecular complexity index is 921. The molecule has 0 aliphatic heterocycles. The zero-order valence-electron chi connectivity index (χ0n) is 11.7. The molecule has 0 aliphatic rings. The third kappa shape index (κ3) is 2.12. The van der Waals surface area contributed by atoms with Crippen molar-refractivity contribution < 1.29 is 14.3 Å². The third-order valence-electron chi connectivity index (χ3n) is 3.43. The van der Waals surface area contributed by atoms with Crippen molar-refractivity contribution in [1.82, 2.24) is 9.32 Å². The maximum absolute atomic E-state index is 14.2. The number of nitrogens with zero attached hydrogens (tertiary/aromatic N) is 2. The fraction of sp³-hybridized carbons (Fsp3) is 0.0667. The number of ketones is 1. The van der Waals surface area contributed by atoms with Gasteiger partial charge in [-0.15, -0.1) is 0 Å². The second-order valence-electron chi connectivity index (χ2n) is 5.03. The topological polar surface area (TPSA) is 81.1 Å². The van der Waals surface area contributed by atoms with E-state index in [0.29, 0.717) is 11.0 Å². The van der Waals surface area contributed by atoms with Crippen LogP contribution in [0.4, 0.5) is 10.1 Å². The Labute approximate surface area is 127 Å². The van der Waals surface area contributed by atoms with Gasteiger partial charge in [0.2, 0.25) is 5.78 Å². The summed E-state index contributed by atoms with van der Waals surface area (Å²) < 4.78 is 15.8. The average molecular weight is 317 g/mol. The van der Waals surface area contributed by atoms with Crippen LogP contribution < -0.4 is 5.73 Å². The Morgan fingerprint density at radius 3 is 2.91 bits per heavy atom. The summed E-state index contributed by atoms with van der Waals surface area (Å²) in [6.45, 7) is 1.85. The van der Waals surface area contributed by atoms with Crippen molar-refractivity contribution in [3.63, 3.8) is 0 Å². The molecule has 0 aliphatic carbocycles. The van der Waals surface area contributed by atoms with E-state index < -0.39 is 22.9 Å². The van der Waals surface area contributed by atoms with Crippen LogP contribution in [-0.2, 0) is 0 Å². The number of phenolic OH excluding ortho intramolecular Hbond substituents is 1. The van der Waals surface area contributed by atoms with Gasteiger partial charge in [0.1, 0.15) is 17.0 Å². The van der Waals surface area contributed by atoms with Crippen LogP contribution >= 0.6 is 9.39 Å².